The molecule has 1 saturated heterocycles. The van der Waals surface area contributed by atoms with Crippen LogP contribution in [-0.2, 0) is 0 Å². The van der Waals surface area contributed by atoms with Crippen molar-refractivity contribution in [1.82, 2.24) is 0 Å². The lowest BCUT2D eigenvalue weighted by Gasteiger charge is -2.35. The number of nitriles is 2. The molecule has 0 N–H and O–H groups in total. The van der Waals surface area contributed by atoms with Crippen molar-refractivity contribution in [1.29, 1.82) is 10.5 Å². The van der Waals surface area contributed by atoms with Crippen molar-refractivity contribution in [3.8, 4) is 12.1 Å². The number of ketones is 1. The molecule has 0 saturated carbocycles. The molecule has 3 aromatic carbocycles. The van der Waals surface area contributed by atoms with Crippen LogP contribution in [0.5, 0.6) is 0 Å². The molecule has 2 aliphatic heterocycles. The lowest BCUT2D eigenvalue weighted by Crippen LogP contribution is -2.45. The Kier molecular flexibility index (Phi) is 4.93. The van der Waals surface area contributed by atoms with Gasteiger partial charge in [-0.1, -0.05) is 88.7 Å². The van der Waals surface area contributed by atoms with Crippen LogP contribution in [0.15, 0.2) is 89.4 Å². The number of hydrogen-bond acceptors (Lipinski definition) is 4. The molecule has 1 fully saturated rings. The van der Waals surface area contributed by atoms with E-state index < -0.39 is 23.4 Å². The Balaban J connectivity index is 1.78. The van der Waals surface area contributed by atoms with Crippen LogP contribution in [0.1, 0.15) is 27.4 Å². The number of nitrogens with zero attached hydrogens (tertiary/aromatic N) is 3. The summed E-state index contributed by atoms with van der Waals surface area (Å²) < 4.78 is 0.856. The molecule has 4 atom stereocenters. The first-order chi connectivity index (χ1) is 15.6. The van der Waals surface area contributed by atoms with Crippen molar-refractivity contribution in [2.24, 2.45) is 5.41 Å². The smallest absolute Gasteiger partial charge is 0.186 e. The predicted octanol–water partition coefficient (Wildman–Crippen LogP) is 5.73. The lowest BCUT2D eigenvalue weighted by molar-refractivity contribution is 0.0842. The van der Waals surface area contributed by atoms with E-state index in [1.165, 1.54) is 0 Å². The number of rotatable bonds is 3. The molecule has 3 aromatic rings. The second-order valence-corrected chi connectivity index (χ2v) is 8.96. The maximum absolute atomic E-state index is 14.1. The van der Waals surface area contributed by atoms with Crippen LogP contribution in [0.3, 0.4) is 0 Å². The minimum absolute atomic E-state index is 0.266. The van der Waals surface area contributed by atoms with Gasteiger partial charge < -0.3 is 4.90 Å². The van der Waals surface area contributed by atoms with E-state index in [0.717, 1.165) is 21.3 Å². The van der Waals surface area contributed by atoms with Crippen LogP contribution in [-0.4, -0.2) is 17.9 Å². The average Bonchev–Trinajstić information content (AvgIpc) is 3.15. The van der Waals surface area contributed by atoms with Crippen molar-refractivity contribution in [3.05, 3.63) is 106 Å². The summed E-state index contributed by atoms with van der Waals surface area (Å²) in [6.45, 7) is 0. The third-order valence-electron chi connectivity index (χ3n) is 6.50. The molecule has 0 spiro atoms. The second-order valence-electron chi connectivity index (χ2n) is 8.05. The summed E-state index contributed by atoms with van der Waals surface area (Å²) in [5.41, 5.74) is 1.65. The summed E-state index contributed by atoms with van der Waals surface area (Å²) in [7, 11) is 0. The SMILES string of the molecule is N#C[C@H]1[C@H](c2ccccc2)[C@@](C#N)(C(=O)c2ccc(Br)cc2)[C@@H]2C=Cc3ccccc3N21. The fourth-order valence-electron chi connectivity index (χ4n) is 5.13. The molecule has 0 radical (unpaired) electrons. The largest absolute Gasteiger partial charge is 0.346 e. The summed E-state index contributed by atoms with van der Waals surface area (Å²) in [6.07, 6.45) is 3.87. The van der Waals surface area contributed by atoms with Gasteiger partial charge in [-0.25, -0.2) is 0 Å². The number of anilines is 1. The van der Waals surface area contributed by atoms with E-state index >= 15 is 0 Å². The molecule has 2 aliphatic rings. The monoisotopic (exact) mass is 479 g/mol. The third-order valence-corrected chi connectivity index (χ3v) is 7.03. The first-order valence-electron chi connectivity index (χ1n) is 10.3. The topological polar surface area (TPSA) is 67.9 Å². The summed E-state index contributed by atoms with van der Waals surface area (Å²) >= 11 is 3.41. The van der Waals surface area contributed by atoms with Gasteiger partial charge in [0.25, 0.3) is 0 Å². The molecule has 0 unspecified atom stereocenters. The van der Waals surface area contributed by atoms with Crippen molar-refractivity contribution < 1.29 is 4.79 Å². The van der Waals surface area contributed by atoms with Crippen LogP contribution in [0, 0.1) is 28.1 Å². The van der Waals surface area contributed by atoms with Gasteiger partial charge in [-0.05, 0) is 29.3 Å². The van der Waals surface area contributed by atoms with Crippen LogP contribution in [0.25, 0.3) is 6.08 Å². The summed E-state index contributed by atoms with van der Waals surface area (Å²) in [5.74, 6) is -0.881. The molecule has 32 heavy (non-hydrogen) atoms. The van der Waals surface area contributed by atoms with Crippen molar-refractivity contribution in [2.75, 3.05) is 4.90 Å². The zero-order valence-electron chi connectivity index (χ0n) is 17.0. The first-order valence-corrected chi connectivity index (χ1v) is 11.1. The Morgan fingerprint density at radius 3 is 2.31 bits per heavy atom. The van der Waals surface area contributed by atoms with Crippen LogP contribution in [0.4, 0.5) is 5.69 Å². The quantitative estimate of drug-likeness (QED) is 0.449. The number of carbonyl (C=O) groups excluding carboxylic acids is 1. The fourth-order valence-corrected chi connectivity index (χ4v) is 5.40. The number of halogens is 1. The zero-order chi connectivity index (χ0) is 22.3. The molecule has 0 aromatic heterocycles. The summed E-state index contributed by atoms with van der Waals surface area (Å²) in [5, 5.41) is 21.0. The molecule has 4 nitrogen and oxygen atoms in total. The van der Waals surface area contributed by atoms with Gasteiger partial charge >= 0.3 is 0 Å². The maximum Gasteiger partial charge on any atom is 0.186 e. The highest BCUT2D eigenvalue weighted by molar-refractivity contribution is 9.10. The first kappa shape index (κ1) is 20.2. The number of fused-ring (bicyclic) bond motifs is 3. The van der Waals surface area contributed by atoms with E-state index in [1.54, 1.807) is 24.3 Å². The average molecular weight is 480 g/mol. The Morgan fingerprint density at radius 1 is 0.938 bits per heavy atom. The summed E-state index contributed by atoms with van der Waals surface area (Å²) in [4.78, 5) is 16.1. The molecule has 2 heterocycles. The van der Waals surface area contributed by atoms with E-state index in [4.69, 9.17) is 0 Å². The minimum Gasteiger partial charge on any atom is -0.346 e. The Labute approximate surface area is 195 Å². The van der Waals surface area contributed by atoms with E-state index in [1.807, 2.05) is 71.6 Å². The Morgan fingerprint density at radius 2 is 1.62 bits per heavy atom. The van der Waals surface area contributed by atoms with Gasteiger partial charge in [0, 0.05) is 21.6 Å². The number of hydrogen-bond donors (Lipinski definition) is 0. The maximum atomic E-state index is 14.1. The van der Waals surface area contributed by atoms with E-state index in [9.17, 15) is 15.3 Å². The van der Waals surface area contributed by atoms with E-state index in [2.05, 4.69) is 28.1 Å². The van der Waals surface area contributed by atoms with Crippen LogP contribution >= 0.6 is 15.9 Å². The predicted molar refractivity (Wildman–Crippen MR) is 127 cm³/mol. The molecule has 0 amide bonds. The number of carbonyl (C=O) groups is 1. The van der Waals surface area contributed by atoms with E-state index in [0.29, 0.717) is 5.56 Å². The van der Waals surface area contributed by atoms with Gasteiger partial charge in [-0.3, -0.25) is 4.79 Å². The van der Waals surface area contributed by atoms with Crippen molar-refractivity contribution in [2.45, 2.75) is 18.0 Å². The highest BCUT2D eigenvalue weighted by Crippen LogP contribution is 2.56. The highest BCUT2D eigenvalue weighted by atomic mass is 79.9. The Hall–Kier alpha value is -3.67. The van der Waals surface area contributed by atoms with Crippen molar-refractivity contribution >= 4 is 33.5 Å². The van der Waals surface area contributed by atoms with Crippen LogP contribution in [0.2, 0.25) is 0 Å². The van der Waals surface area contributed by atoms with Gasteiger partial charge in [0.1, 0.15) is 6.04 Å². The lowest BCUT2D eigenvalue weighted by atomic mass is 9.65. The normalized spacial score (nSPS) is 25.3. The zero-order valence-corrected chi connectivity index (χ0v) is 18.6. The standard InChI is InChI=1S/C27H18BrN3O/c28-21-13-10-20(11-14-21)26(32)27(17-30)24-15-12-18-6-4-5-9-22(18)31(24)23(16-29)25(27)19-7-2-1-3-8-19/h1-15,23-25H/t23-,24-,25-,27-/m0/s1. The highest BCUT2D eigenvalue weighted by Gasteiger charge is 2.64. The molecule has 154 valence electrons. The number of para-hydroxylation sites is 1. The molecule has 0 bridgehead atoms. The molecular formula is C27H18BrN3O. The molecular weight excluding hydrogens is 462 g/mol. The molecule has 5 rings (SSSR count). The Bertz CT molecular complexity index is 1300. The summed E-state index contributed by atoms with van der Waals surface area (Å²) in [6, 6.07) is 28.0. The van der Waals surface area contributed by atoms with Gasteiger partial charge in [0.15, 0.2) is 11.2 Å². The van der Waals surface area contributed by atoms with Gasteiger partial charge in [-0.2, -0.15) is 10.5 Å². The molecule has 5 heteroatoms. The van der Waals surface area contributed by atoms with Gasteiger partial charge in [0.2, 0.25) is 0 Å². The third kappa shape index (κ3) is 2.83. The van der Waals surface area contributed by atoms with Gasteiger partial charge in [0.05, 0.1) is 18.2 Å². The second kappa shape index (κ2) is 7.79. The van der Waals surface area contributed by atoms with Gasteiger partial charge in [-0.15, -0.1) is 0 Å². The fraction of sp³-hybridized carbons (Fsp3) is 0.148. The number of Topliss-reactive ketones (excluding diaryl/α,β-unsaturated/α-hetero) is 1. The van der Waals surface area contributed by atoms with E-state index in [-0.39, 0.29) is 5.78 Å². The minimum atomic E-state index is -1.46. The van der Waals surface area contributed by atoms with Crippen molar-refractivity contribution in [3.63, 3.8) is 0 Å². The number of benzene rings is 3. The molecule has 0 aliphatic carbocycles. The van der Waals surface area contributed by atoms with Crippen LogP contribution < -0.4 is 4.90 Å².